The third-order valence-electron chi connectivity index (χ3n) is 2.22. The maximum atomic E-state index is 11.8. The van der Waals surface area contributed by atoms with Crippen LogP contribution in [0.2, 0.25) is 0 Å². The summed E-state index contributed by atoms with van der Waals surface area (Å²) in [7, 11) is -3.60. The van der Waals surface area contributed by atoms with E-state index in [-0.39, 0.29) is 4.90 Å². The van der Waals surface area contributed by atoms with Gasteiger partial charge in [-0.05, 0) is 11.5 Å². The van der Waals surface area contributed by atoms with E-state index in [9.17, 15) is 8.42 Å². The Morgan fingerprint density at radius 2 is 1.75 bits per heavy atom. The monoisotopic (exact) mass is 250 g/mol. The van der Waals surface area contributed by atoms with Gasteiger partial charge in [-0.3, -0.25) is 4.72 Å². The van der Waals surface area contributed by atoms with Crippen molar-refractivity contribution in [3.8, 4) is 0 Å². The Labute approximate surface area is 99.1 Å². The molecule has 0 bridgehead atoms. The van der Waals surface area contributed by atoms with Gasteiger partial charge in [-0.15, -0.1) is 0 Å². The second-order valence-corrected chi connectivity index (χ2v) is 5.04. The lowest BCUT2D eigenvalue weighted by Crippen LogP contribution is -2.21. The maximum Gasteiger partial charge on any atom is 0.263 e. The van der Waals surface area contributed by atoms with Gasteiger partial charge < -0.3 is 0 Å². The molecular weight excluding hydrogens is 242 g/mol. The first-order chi connectivity index (χ1) is 7.65. The summed E-state index contributed by atoms with van der Waals surface area (Å²) in [5.74, 6) is 0. The van der Waals surface area contributed by atoms with Crippen LogP contribution in [0.15, 0.2) is 47.4 Å². The second-order valence-electron chi connectivity index (χ2n) is 3.18. The van der Waals surface area contributed by atoms with Crippen LogP contribution in [0.5, 0.6) is 0 Å². The minimum absolute atomic E-state index is 0.211. The number of hydrogen-bond acceptors (Lipinski definition) is 3. The summed E-state index contributed by atoms with van der Waals surface area (Å²) in [5.41, 5.74) is 2.02. The van der Waals surface area contributed by atoms with Crippen LogP contribution in [-0.2, 0) is 10.0 Å². The van der Waals surface area contributed by atoms with Crippen molar-refractivity contribution in [2.75, 3.05) is 0 Å². The molecule has 1 N–H and O–H groups in total. The van der Waals surface area contributed by atoms with Crippen LogP contribution >= 0.6 is 12.2 Å². The number of thiocarbonyl (C=S) groups is 1. The predicted molar refractivity (Wildman–Crippen MR) is 66.9 cm³/mol. The van der Waals surface area contributed by atoms with Gasteiger partial charge in [-0.25, -0.2) is 8.42 Å². The number of benzene rings is 2. The Hall–Kier alpha value is -1.46. The lowest BCUT2D eigenvalue weighted by molar-refractivity contribution is 0.594. The highest BCUT2D eigenvalue weighted by Crippen LogP contribution is 2.22. The zero-order valence-electron chi connectivity index (χ0n) is 8.17. The van der Waals surface area contributed by atoms with Crippen LogP contribution < -0.4 is 4.72 Å². The average molecular weight is 250 g/mol. The molecule has 0 heterocycles. The smallest absolute Gasteiger partial charge is 0.263 e. The molecule has 0 atom stereocenters. The van der Waals surface area contributed by atoms with E-state index in [2.05, 4.69) is 16.9 Å². The second kappa shape index (κ2) is 4.19. The Balaban J connectivity index is 2.75. The average Bonchev–Trinajstić information content (AvgIpc) is 2.28. The summed E-state index contributed by atoms with van der Waals surface area (Å²) in [6.45, 7) is 0. The number of hydrogen-bond donors (Lipinski definition) is 1. The van der Waals surface area contributed by atoms with Gasteiger partial charge in [0.2, 0.25) is 0 Å². The molecule has 0 saturated carbocycles. The first-order valence-electron chi connectivity index (χ1n) is 4.52. The fourth-order valence-corrected chi connectivity index (χ4v) is 2.82. The lowest BCUT2D eigenvalue weighted by Gasteiger charge is -2.06. The summed E-state index contributed by atoms with van der Waals surface area (Å²) in [5, 5.41) is 1.54. The van der Waals surface area contributed by atoms with Gasteiger partial charge >= 0.3 is 0 Å². The summed E-state index contributed by atoms with van der Waals surface area (Å²) >= 11 is 4.38. The standard InChI is InChI=1S/C11H8NO2S2/c13-16(14,12-8-15)11-7-3-5-9-4-1-2-6-10(9)11/h1-7H,(H,12,15). The van der Waals surface area contributed by atoms with E-state index in [1.165, 1.54) is 6.07 Å². The van der Waals surface area contributed by atoms with Crippen molar-refractivity contribution in [3.05, 3.63) is 42.5 Å². The zero-order valence-corrected chi connectivity index (χ0v) is 9.81. The van der Waals surface area contributed by atoms with Gasteiger partial charge in [0.15, 0.2) is 0 Å². The summed E-state index contributed by atoms with van der Waals surface area (Å²) in [6.07, 6.45) is 0. The van der Waals surface area contributed by atoms with Gasteiger partial charge in [-0.1, -0.05) is 48.6 Å². The molecule has 0 fully saturated rings. The van der Waals surface area contributed by atoms with Crippen molar-refractivity contribution >= 4 is 38.5 Å². The SMILES string of the molecule is O=S(=O)(N[C]=S)c1cccc2ccccc12. The fraction of sp³-hybridized carbons (Fsp3) is 0. The van der Waals surface area contributed by atoms with Crippen LogP contribution in [0.25, 0.3) is 10.8 Å². The van der Waals surface area contributed by atoms with Crippen LogP contribution in [0.3, 0.4) is 0 Å². The molecule has 2 rings (SSSR count). The molecule has 2 aromatic rings. The quantitative estimate of drug-likeness (QED) is 0.669. The third kappa shape index (κ3) is 1.91. The molecule has 0 spiro atoms. The van der Waals surface area contributed by atoms with Crippen molar-refractivity contribution in [2.45, 2.75) is 4.90 Å². The van der Waals surface area contributed by atoms with Gasteiger partial charge in [0.1, 0.15) is 5.49 Å². The summed E-state index contributed by atoms with van der Waals surface area (Å²) in [6, 6.07) is 12.4. The van der Waals surface area contributed by atoms with E-state index in [0.717, 1.165) is 5.39 Å². The lowest BCUT2D eigenvalue weighted by atomic mass is 10.1. The van der Waals surface area contributed by atoms with Crippen LogP contribution in [0.1, 0.15) is 0 Å². The molecular formula is C11H8NO2S2. The highest BCUT2D eigenvalue weighted by molar-refractivity contribution is 7.91. The topological polar surface area (TPSA) is 46.2 Å². The van der Waals surface area contributed by atoms with Crippen molar-refractivity contribution in [3.63, 3.8) is 0 Å². The fourth-order valence-electron chi connectivity index (χ4n) is 1.54. The molecule has 1 radical (unpaired) electrons. The summed E-state index contributed by atoms with van der Waals surface area (Å²) < 4.78 is 25.7. The van der Waals surface area contributed by atoms with Crippen LogP contribution in [-0.4, -0.2) is 13.9 Å². The Bertz CT molecular complexity index is 630. The number of nitrogens with one attached hydrogen (secondary N) is 1. The van der Waals surface area contributed by atoms with Crippen LogP contribution in [0.4, 0.5) is 0 Å². The van der Waals surface area contributed by atoms with E-state index in [1.807, 2.05) is 23.7 Å². The molecule has 0 aliphatic rings. The van der Waals surface area contributed by atoms with Crippen molar-refractivity contribution in [1.29, 1.82) is 0 Å². The first-order valence-corrected chi connectivity index (χ1v) is 6.41. The third-order valence-corrected chi connectivity index (χ3v) is 3.75. The van der Waals surface area contributed by atoms with Gasteiger partial charge in [0, 0.05) is 5.39 Å². The molecule has 0 unspecified atom stereocenters. The molecule has 0 aromatic heterocycles. The molecule has 2 aromatic carbocycles. The molecule has 0 aliphatic heterocycles. The minimum Gasteiger partial charge on any atom is -0.267 e. The van der Waals surface area contributed by atoms with E-state index >= 15 is 0 Å². The highest BCUT2D eigenvalue weighted by atomic mass is 32.2. The van der Waals surface area contributed by atoms with Crippen molar-refractivity contribution in [1.82, 2.24) is 4.72 Å². The Morgan fingerprint density at radius 1 is 1.06 bits per heavy atom. The number of fused-ring (bicyclic) bond motifs is 1. The van der Waals surface area contributed by atoms with Gasteiger partial charge in [0.05, 0.1) is 4.90 Å². The number of sulfonamides is 1. The highest BCUT2D eigenvalue weighted by Gasteiger charge is 2.15. The molecule has 0 saturated heterocycles. The Morgan fingerprint density at radius 3 is 2.50 bits per heavy atom. The molecule has 81 valence electrons. The normalized spacial score (nSPS) is 11.2. The molecule has 0 aliphatic carbocycles. The maximum absolute atomic E-state index is 11.8. The molecule has 3 nitrogen and oxygen atoms in total. The van der Waals surface area contributed by atoms with E-state index in [1.54, 1.807) is 18.2 Å². The van der Waals surface area contributed by atoms with Gasteiger partial charge in [-0.2, -0.15) is 0 Å². The predicted octanol–water partition coefficient (Wildman–Crippen LogP) is 1.95. The first kappa shape index (κ1) is 11.0. The minimum atomic E-state index is -3.60. The van der Waals surface area contributed by atoms with Gasteiger partial charge in [0.25, 0.3) is 10.0 Å². The van der Waals surface area contributed by atoms with E-state index < -0.39 is 10.0 Å². The van der Waals surface area contributed by atoms with Crippen molar-refractivity contribution in [2.24, 2.45) is 0 Å². The largest absolute Gasteiger partial charge is 0.267 e. The van der Waals surface area contributed by atoms with Crippen LogP contribution in [0, 0.1) is 0 Å². The molecule has 0 amide bonds. The molecule has 16 heavy (non-hydrogen) atoms. The summed E-state index contributed by atoms with van der Waals surface area (Å²) in [4.78, 5) is 0.211. The zero-order chi connectivity index (χ0) is 11.6. The van der Waals surface area contributed by atoms with E-state index in [4.69, 9.17) is 0 Å². The number of rotatable bonds is 3. The van der Waals surface area contributed by atoms with E-state index in [0.29, 0.717) is 5.39 Å². The Kier molecular flexibility index (Phi) is 2.89. The van der Waals surface area contributed by atoms with Crippen molar-refractivity contribution < 1.29 is 8.42 Å². The molecule has 5 heteroatoms.